The Morgan fingerprint density at radius 3 is 2.84 bits per heavy atom. The molecule has 19 heavy (non-hydrogen) atoms. The van der Waals surface area contributed by atoms with Crippen LogP contribution in [0, 0.1) is 0 Å². The van der Waals surface area contributed by atoms with Crippen molar-refractivity contribution in [3.63, 3.8) is 0 Å². The molecule has 0 aliphatic carbocycles. The second-order valence-electron chi connectivity index (χ2n) is 4.73. The molecule has 104 valence electrons. The van der Waals surface area contributed by atoms with E-state index >= 15 is 0 Å². The highest BCUT2D eigenvalue weighted by molar-refractivity contribution is 5.74. The Balaban J connectivity index is 1.95. The van der Waals surface area contributed by atoms with E-state index in [4.69, 9.17) is 4.74 Å². The largest absolute Gasteiger partial charge is 0.497 e. The van der Waals surface area contributed by atoms with Gasteiger partial charge in [-0.05, 0) is 17.7 Å². The molecule has 0 radical (unpaired) electrons. The van der Waals surface area contributed by atoms with Crippen LogP contribution in [0.5, 0.6) is 5.75 Å². The monoisotopic (exact) mass is 263 g/mol. The summed E-state index contributed by atoms with van der Waals surface area (Å²) in [7, 11) is 3.48. The number of rotatable bonds is 3. The number of benzene rings is 1. The lowest BCUT2D eigenvalue weighted by Crippen LogP contribution is -2.50. The number of urea groups is 1. The summed E-state index contributed by atoms with van der Waals surface area (Å²) in [5.74, 6) is 0.820. The molecule has 1 saturated heterocycles. The molecule has 0 spiro atoms. The normalized spacial score (nSPS) is 15.2. The summed E-state index contributed by atoms with van der Waals surface area (Å²) in [6.07, 6.45) is 0. The molecule has 0 atom stereocenters. The van der Waals surface area contributed by atoms with E-state index in [1.54, 1.807) is 12.0 Å². The van der Waals surface area contributed by atoms with Crippen molar-refractivity contribution < 1.29 is 9.53 Å². The molecule has 5 heteroatoms. The molecule has 0 unspecified atom stereocenters. The second-order valence-corrected chi connectivity index (χ2v) is 4.73. The third-order valence-electron chi connectivity index (χ3n) is 3.27. The van der Waals surface area contributed by atoms with Crippen molar-refractivity contribution in [1.29, 1.82) is 0 Å². The quantitative estimate of drug-likeness (QED) is 0.890. The van der Waals surface area contributed by atoms with Gasteiger partial charge in [0.15, 0.2) is 0 Å². The zero-order valence-electron chi connectivity index (χ0n) is 11.6. The highest BCUT2D eigenvalue weighted by atomic mass is 16.5. The highest BCUT2D eigenvalue weighted by Crippen LogP contribution is 2.14. The van der Waals surface area contributed by atoms with Crippen LogP contribution < -0.4 is 10.1 Å². The molecule has 0 aromatic heterocycles. The van der Waals surface area contributed by atoms with Crippen molar-refractivity contribution in [2.45, 2.75) is 6.54 Å². The van der Waals surface area contributed by atoms with Crippen LogP contribution in [-0.2, 0) is 6.54 Å². The maximum absolute atomic E-state index is 12.2. The number of piperazine rings is 1. The number of hydrogen-bond donors (Lipinski definition) is 1. The summed E-state index contributed by atoms with van der Waals surface area (Å²) < 4.78 is 5.19. The van der Waals surface area contributed by atoms with Crippen LogP contribution in [0.3, 0.4) is 0 Å². The van der Waals surface area contributed by atoms with Crippen molar-refractivity contribution in [2.24, 2.45) is 0 Å². The van der Waals surface area contributed by atoms with E-state index in [-0.39, 0.29) is 6.03 Å². The number of ether oxygens (including phenoxy) is 1. The zero-order valence-corrected chi connectivity index (χ0v) is 11.6. The molecular weight excluding hydrogens is 242 g/mol. The minimum atomic E-state index is 0.0873. The summed E-state index contributed by atoms with van der Waals surface area (Å²) in [5.41, 5.74) is 1.07. The molecule has 1 aliphatic rings. The second kappa shape index (κ2) is 6.43. The van der Waals surface area contributed by atoms with E-state index in [2.05, 4.69) is 5.32 Å². The number of methoxy groups -OCH3 is 1. The van der Waals surface area contributed by atoms with Gasteiger partial charge in [0.25, 0.3) is 0 Å². The predicted octanol–water partition coefficient (Wildman–Crippen LogP) is 1.15. The lowest BCUT2D eigenvalue weighted by atomic mass is 10.2. The van der Waals surface area contributed by atoms with Crippen LogP contribution in [-0.4, -0.2) is 56.2 Å². The first-order valence-electron chi connectivity index (χ1n) is 6.54. The van der Waals surface area contributed by atoms with Gasteiger partial charge < -0.3 is 19.9 Å². The van der Waals surface area contributed by atoms with Gasteiger partial charge in [-0.2, -0.15) is 0 Å². The number of carbonyl (C=O) groups excluding carboxylic acids is 1. The molecule has 5 nitrogen and oxygen atoms in total. The minimum absolute atomic E-state index is 0.0873. The fourth-order valence-electron chi connectivity index (χ4n) is 2.21. The molecule has 1 aliphatic heterocycles. The van der Waals surface area contributed by atoms with Crippen molar-refractivity contribution in [2.75, 3.05) is 40.3 Å². The van der Waals surface area contributed by atoms with Crippen molar-refractivity contribution in [1.82, 2.24) is 15.1 Å². The van der Waals surface area contributed by atoms with E-state index < -0.39 is 0 Å². The average Bonchev–Trinajstić information content (AvgIpc) is 2.47. The summed E-state index contributed by atoms with van der Waals surface area (Å²) in [5, 5.41) is 3.24. The van der Waals surface area contributed by atoms with E-state index in [1.807, 2.05) is 36.2 Å². The Bertz CT molecular complexity index is 430. The van der Waals surface area contributed by atoms with Gasteiger partial charge in [-0.3, -0.25) is 0 Å². The van der Waals surface area contributed by atoms with Crippen LogP contribution in [0.25, 0.3) is 0 Å². The summed E-state index contributed by atoms with van der Waals surface area (Å²) in [6, 6.07) is 7.90. The van der Waals surface area contributed by atoms with Gasteiger partial charge in [-0.15, -0.1) is 0 Å². The van der Waals surface area contributed by atoms with Gasteiger partial charge in [0.05, 0.1) is 7.11 Å². The van der Waals surface area contributed by atoms with E-state index in [0.29, 0.717) is 6.54 Å². The SMILES string of the molecule is COc1cccc(CN(C)C(=O)N2CCNCC2)c1. The molecule has 2 rings (SSSR count). The van der Waals surface area contributed by atoms with Crippen LogP contribution in [0.2, 0.25) is 0 Å². The number of nitrogens with zero attached hydrogens (tertiary/aromatic N) is 2. The molecule has 1 heterocycles. The molecule has 0 bridgehead atoms. The van der Waals surface area contributed by atoms with Crippen LogP contribution in [0.4, 0.5) is 4.79 Å². The third-order valence-corrected chi connectivity index (χ3v) is 3.27. The predicted molar refractivity (Wildman–Crippen MR) is 74.3 cm³/mol. The summed E-state index contributed by atoms with van der Waals surface area (Å²) >= 11 is 0. The number of carbonyl (C=O) groups is 1. The van der Waals surface area contributed by atoms with Gasteiger partial charge in [0, 0.05) is 39.8 Å². The molecule has 1 N–H and O–H groups in total. The Labute approximate surface area is 114 Å². The van der Waals surface area contributed by atoms with Gasteiger partial charge in [0.1, 0.15) is 5.75 Å². The third kappa shape index (κ3) is 3.61. The summed E-state index contributed by atoms with van der Waals surface area (Å²) in [6.45, 7) is 3.90. The maximum atomic E-state index is 12.2. The Kier molecular flexibility index (Phi) is 4.63. The van der Waals surface area contributed by atoms with Gasteiger partial charge in [-0.25, -0.2) is 4.79 Å². The smallest absolute Gasteiger partial charge is 0.320 e. The lowest BCUT2D eigenvalue weighted by Gasteiger charge is -2.31. The fourth-order valence-corrected chi connectivity index (χ4v) is 2.21. The first-order chi connectivity index (χ1) is 9.20. The van der Waals surface area contributed by atoms with Crippen molar-refractivity contribution >= 4 is 6.03 Å². The zero-order chi connectivity index (χ0) is 13.7. The molecular formula is C14H21N3O2. The molecule has 1 fully saturated rings. The summed E-state index contributed by atoms with van der Waals surface area (Å²) in [4.78, 5) is 15.9. The van der Waals surface area contributed by atoms with Gasteiger partial charge >= 0.3 is 6.03 Å². The number of nitrogens with one attached hydrogen (secondary N) is 1. The molecule has 0 saturated carbocycles. The van der Waals surface area contributed by atoms with E-state index in [0.717, 1.165) is 37.5 Å². The average molecular weight is 263 g/mol. The lowest BCUT2D eigenvalue weighted by molar-refractivity contribution is 0.154. The first-order valence-corrected chi connectivity index (χ1v) is 6.54. The molecule has 1 aromatic carbocycles. The Hall–Kier alpha value is -1.75. The Morgan fingerprint density at radius 1 is 1.42 bits per heavy atom. The maximum Gasteiger partial charge on any atom is 0.320 e. The highest BCUT2D eigenvalue weighted by Gasteiger charge is 2.19. The van der Waals surface area contributed by atoms with Gasteiger partial charge in [-0.1, -0.05) is 12.1 Å². The van der Waals surface area contributed by atoms with Crippen LogP contribution in [0.15, 0.2) is 24.3 Å². The number of amides is 2. The van der Waals surface area contributed by atoms with Gasteiger partial charge in [0.2, 0.25) is 0 Å². The Morgan fingerprint density at radius 2 is 2.16 bits per heavy atom. The first kappa shape index (κ1) is 13.7. The minimum Gasteiger partial charge on any atom is -0.497 e. The van der Waals surface area contributed by atoms with E-state index in [9.17, 15) is 4.79 Å². The topological polar surface area (TPSA) is 44.8 Å². The van der Waals surface area contributed by atoms with Crippen molar-refractivity contribution in [3.05, 3.63) is 29.8 Å². The molecule has 2 amide bonds. The van der Waals surface area contributed by atoms with E-state index in [1.165, 1.54) is 0 Å². The fraction of sp³-hybridized carbons (Fsp3) is 0.500. The van der Waals surface area contributed by atoms with Crippen LogP contribution >= 0.6 is 0 Å². The number of hydrogen-bond acceptors (Lipinski definition) is 3. The standard InChI is InChI=1S/C14H21N3O2/c1-16(14(18)17-8-6-15-7-9-17)11-12-4-3-5-13(10-12)19-2/h3-5,10,15H,6-9,11H2,1-2H3. The van der Waals surface area contributed by atoms with Crippen LogP contribution in [0.1, 0.15) is 5.56 Å². The molecule has 1 aromatic rings. The van der Waals surface area contributed by atoms with Crippen molar-refractivity contribution in [3.8, 4) is 5.75 Å².